The van der Waals surface area contributed by atoms with Crippen LogP contribution < -0.4 is 10.5 Å². The molecule has 0 spiro atoms. The Balaban J connectivity index is 3.06. The predicted molar refractivity (Wildman–Crippen MR) is 68.3 cm³/mol. The molecule has 1 N–H and O–H groups in total. The third-order valence-corrected chi connectivity index (χ3v) is 2.72. The molecule has 1 aromatic rings. The van der Waals surface area contributed by atoms with Gasteiger partial charge in [0.2, 0.25) is 0 Å². The van der Waals surface area contributed by atoms with Gasteiger partial charge in [-0.1, -0.05) is 13.8 Å². The molecule has 0 radical (unpaired) electrons. The van der Waals surface area contributed by atoms with Crippen molar-refractivity contribution < 1.29 is 5.11 Å². The van der Waals surface area contributed by atoms with Gasteiger partial charge in [-0.05, 0) is 12.8 Å². The van der Waals surface area contributed by atoms with Crippen molar-refractivity contribution in [2.45, 2.75) is 33.4 Å². The summed E-state index contributed by atoms with van der Waals surface area (Å²) in [7, 11) is 1.77. The molecule has 0 bridgehead atoms. The third-order valence-electron chi connectivity index (χ3n) is 2.72. The summed E-state index contributed by atoms with van der Waals surface area (Å²) in [6.45, 7) is 6.65. The van der Waals surface area contributed by atoms with Gasteiger partial charge in [-0.15, -0.1) is 0 Å². The summed E-state index contributed by atoms with van der Waals surface area (Å²) in [6, 6.07) is -0.120. The van der Waals surface area contributed by atoms with Crippen LogP contribution >= 0.6 is 0 Å². The molecule has 1 unspecified atom stereocenters. The highest BCUT2D eigenvalue weighted by molar-refractivity contribution is 5.35. The molecule has 0 aromatic carbocycles. The molecule has 5 nitrogen and oxygen atoms in total. The van der Waals surface area contributed by atoms with Crippen molar-refractivity contribution in [3.63, 3.8) is 0 Å². The van der Waals surface area contributed by atoms with Gasteiger partial charge in [0.25, 0.3) is 5.56 Å². The zero-order valence-corrected chi connectivity index (χ0v) is 10.9. The summed E-state index contributed by atoms with van der Waals surface area (Å²) < 4.78 is 1.66. The Labute approximate surface area is 102 Å². The lowest BCUT2D eigenvalue weighted by molar-refractivity contribution is 0.269. The van der Waals surface area contributed by atoms with E-state index in [9.17, 15) is 4.79 Å². The monoisotopic (exact) mass is 239 g/mol. The van der Waals surface area contributed by atoms with Gasteiger partial charge in [-0.3, -0.25) is 4.79 Å². The lowest BCUT2D eigenvalue weighted by Crippen LogP contribution is -2.38. The quantitative estimate of drug-likeness (QED) is 0.822. The van der Waals surface area contributed by atoms with Gasteiger partial charge in [0.05, 0.1) is 12.6 Å². The molecular formula is C12H21N3O2. The Morgan fingerprint density at radius 1 is 1.47 bits per heavy atom. The number of likely N-dealkylation sites (N-methyl/N-ethyl adjacent to an activating group) is 1. The normalized spacial score (nSPS) is 12.8. The molecule has 0 saturated heterocycles. The van der Waals surface area contributed by atoms with Crippen molar-refractivity contribution in [2.24, 2.45) is 5.92 Å². The molecule has 0 aliphatic heterocycles. The van der Waals surface area contributed by atoms with Gasteiger partial charge in [0.15, 0.2) is 5.82 Å². The lowest BCUT2D eigenvalue weighted by Gasteiger charge is -2.24. The van der Waals surface area contributed by atoms with E-state index in [1.165, 1.54) is 0 Å². The Hall–Kier alpha value is -1.36. The van der Waals surface area contributed by atoms with E-state index in [1.54, 1.807) is 28.9 Å². The maximum Gasteiger partial charge on any atom is 0.293 e. The van der Waals surface area contributed by atoms with Crippen LogP contribution in [-0.4, -0.2) is 34.4 Å². The number of aliphatic hydroxyl groups excluding tert-OH is 1. The Morgan fingerprint density at radius 2 is 2.12 bits per heavy atom. The Bertz CT molecular complexity index is 414. The number of hydrogen-bond donors (Lipinski definition) is 1. The maximum absolute atomic E-state index is 12.1. The summed E-state index contributed by atoms with van der Waals surface area (Å²) in [5, 5.41) is 9.09. The fraction of sp³-hybridized carbons (Fsp3) is 0.667. The van der Waals surface area contributed by atoms with Crippen molar-refractivity contribution in [2.75, 3.05) is 18.6 Å². The van der Waals surface area contributed by atoms with Crippen LogP contribution in [-0.2, 0) is 6.54 Å². The standard InChI is InChI=1S/C12H21N3O2/c1-9(2)7-15-6-5-13-11(12(15)17)14(4)10(3)8-16/h5-6,9-10,16H,7-8H2,1-4H3. The molecule has 1 atom stereocenters. The van der Waals surface area contributed by atoms with E-state index in [0.717, 1.165) is 0 Å². The second kappa shape index (κ2) is 5.82. The van der Waals surface area contributed by atoms with Gasteiger partial charge in [-0.2, -0.15) is 0 Å². The fourth-order valence-corrected chi connectivity index (χ4v) is 1.55. The van der Waals surface area contributed by atoms with Crippen LogP contribution in [0, 0.1) is 5.92 Å². The van der Waals surface area contributed by atoms with Crippen LogP contribution in [0.4, 0.5) is 5.82 Å². The number of hydrogen-bond acceptors (Lipinski definition) is 4. The molecular weight excluding hydrogens is 218 g/mol. The largest absolute Gasteiger partial charge is 0.394 e. The van der Waals surface area contributed by atoms with E-state index in [1.807, 2.05) is 6.92 Å². The van der Waals surface area contributed by atoms with Crippen LogP contribution in [0.5, 0.6) is 0 Å². The smallest absolute Gasteiger partial charge is 0.293 e. The Morgan fingerprint density at radius 3 is 2.65 bits per heavy atom. The summed E-state index contributed by atoms with van der Waals surface area (Å²) in [4.78, 5) is 17.9. The number of anilines is 1. The van der Waals surface area contributed by atoms with Gasteiger partial charge >= 0.3 is 0 Å². The van der Waals surface area contributed by atoms with Crippen LogP contribution in [0.1, 0.15) is 20.8 Å². The zero-order chi connectivity index (χ0) is 13.0. The number of aliphatic hydroxyl groups is 1. The molecule has 0 aliphatic rings. The zero-order valence-electron chi connectivity index (χ0n) is 10.9. The molecule has 0 amide bonds. The first-order chi connectivity index (χ1) is 7.97. The van der Waals surface area contributed by atoms with Crippen LogP contribution in [0.3, 0.4) is 0 Å². The summed E-state index contributed by atoms with van der Waals surface area (Å²) >= 11 is 0. The highest BCUT2D eigenvalue weighted by Crippen LogP contribution is 2.06. The second-order valence-corrected chi connectivity index (χ2v) is 4.74. The maximum atomic E-state index is 12.1. The molecule has 17 heavy (non-hydrogen) atoms. The number of rotatable bonds is 5. The van der Waals surface area contributed by atoms with Crippen LogP contribution in [0.2, 0.25) is 0 Å². The molecule has 1 rings (SSSR count). The van der Waals surface area contributed by atoms with E-state index in [2.05, 4.69) is 18.8 Å². The Kier molecular flexibility index (Phi) is 4.69. The molecule has 5 heteroatoms. The van der Waals surface area contributed by atoms with Gasteiger partial charge in [0.1, 0.15) is 0 Å². The third kappa shape index (κ3) is 3.30. The fourth-order valence-electron chi connectivity index (χ4n) is 1.55. The highest BCUT2D eigenvalue weighted by atomic mass is 16.3. The molecule has 0 aliphatic carbocycles. The first-order valence-electron chi connectivity index (χ1n) is 5.86. The number of nitrogens with zero attached hydrogens (tertiary/aromatic N) is 3. The summed E-state index contributed by atoms with van der Waals surface area (Å²) in [5.41, 5.74) is -0.107. The summed E-state index contributed by atoms with van der Waals surface area (Å²) in [6.07, 6.45) is 3.32. The van der Waals surface area contributed by atoms with Gasteiger partial charge in [0, 0.05) is 26.0 Å². The van der Waals surface area contributed by atoms with Crippen LogP contribution in [0.15, 0.2) is 17.2 Å². The molecule has 1 aromatic heterocycles. The SMILES string of the molecule is CC(C)Cn1ccnc(N(C)C(C)CO)c1=O. The van der Waals surface area contributed by atoms with E-state index in [4.69, 9.17) is 5.11 Å². The second-order valence-electron chi connectivity index (χ2n) is 4.74. The van der Waals surface area contributed by atoms with Gasteiger partial charge in [-0.25, -0.2) is 4.98 Å². The van der Waals surface area contributed by atoms with E-state index < -0.39 is 0 Å². The molecule has 0 saturated carbocycles. The van der Waals surface area contributed by atoms with Crippen molar-refractivity contribution >= 4 is 5.82 Å². The first-order valence-corrected chi connectivity index (χ1v) is 5.86. The van der Waals surface area contributed by atoms with Crippen molar-refractivity contribution in [1.29, 1.82) is 0 Å². The minimum absolute atomic E-state index is 0.00328. The first kappa shape index (κ1) is 13.7. The van der Waals surface area contributed by atoms with Crippen molar-refractivity contribution in [3.8, 4) is 0 Å². The average Bonchev–Trinajstić information content (AvgIpc) is 2.29. The topological polar surface area (TPSA) is 58.4 Å². The molecule has 0 fully saturated rings. The van der Waals surface area contributed by atoms with Crippen molar-refractivity contribution in [3.05, 3.63) is 22.7 Å². The predicted octanol–water partition coefficient (Wildman–Crippen LogP) is 0.716. The molecule has 96 valence electrons. The molecule has 1 heterocycles. The van der Waals surface area contributed by atoms with Crippen LogP contribution in [0.25, 0.3) is 0 Å². The lowest BCUT2D eigenvalue weighted by atomic mass is 10.2. The van der Waals surface area contributed by atoms with E-state index in [-0.39, 0.29) is 18.2 Å². The highest BCUT2D eigenvalue weighted by Gasteiger charge is 2.15. The van der Waals surface area contributed by atoms with E-state index >= 15 is 0 Å². The van der Waals surface area contributed by atoms with Crippen molar-refractivity contribution in [1.82, 2.24) is 9.55 Å². The van der Waals surface area contributed by atoms with Gasteiger partial charge < -0.3 is 14.6 Å². The number of aromatic nitrogens is 2. The van der Waals surface area contributed by atoms with E-state index in [0.29, 0.717) is 18.3 Å². The minimum Gasteiger partial charge on any atom is -0.394 e. The summed E-state index contributed by atoms with van der Waals surface area (Å²) in [5.74, 6) is 0.790. The average molecular weight is 239 g/mol. The minimum atomic E-state index is -0.120.